The summed E-state index contributed by atoms with van der Waals surface area (Å²) < 4.78 is 0. The van der Waals surface area contributed by atoms with Crippen LogP contribution in [0.5, 0.6) is 0 Å². The van der Waals surface area contributed by atoms with E-state index in [0.717, 1.165) is 25.7 Å². The Morgan fingerprint density at radius 1 is 1.24 bits per heavy atom. The van der Waals surface area contributed by atoms with Gasteiger partial charge >= 0.3 is 5.97 Å². The summed E-state index contributed by atoms with van der Waals surface area (Å²) in [5.74, 6) is -0.162. The second-order valence-corrected chi connectivity index (χ2v) is 6.86. The number of rotatable bonds is 8. The average molecular weight is 298 g/mol. The summed E-state index contributed by atoms with van der Waals surface area (Å²) in [5.41, 5.74) is 4.95. The topological polar surface area (TPSA) is 92.4 Å². The molecule has 1 atom stereocenters. The first kappa shape index (κ1) is 18.0. The maximum Gasteiger partial charge on any atom is 0.311 e. The van der Waals surface area contributed by atoms with Gasteiger partial charge in [-0.05, 0) is 37.6 Å². The Balaban J connectivity index is 2.48. The van der Waals surface area contributed by atoms with E-state index >= 15 is 0 Å². The Hall–Kier alpha value is -1.10. The van der Waals surface area contributed by atoms with Crippen molar-refractivity contribution in [3.8, 4) is 0 Å². The molecule has 5 heteroatoms. The van der Waals surface area contributed by atoms with Crippen molar-refractivity contribution in [3.63, 3.8) is 0 Å². The molecule has 0 aromatic carbocycles. The number of carbonyl (C=O) groups is 2. The molecule has 1 saturated carbocycles. The van der Waals surface area contributed by atoms with Gasteiger partial charge in [0.25, 0.3) is 0 Å². The summed E-state index contributed by atoms with van der Waals surface area (Å²) in [6.07, 6.45) is 5.59. The second-order valence-electron chi connectivity index (χ2n) is 6.86. The van der Waals surface area contributed by atoms with Crippen LogP contribution in [0.15, 0.2) is 0 Å². The maximum atomic E-state index is 12.0. The van der Waals surface area contributed by atoms with Crippen molar-refractivity contribution in [2.24, 2.45) is 23.0 Å². The Kier molecular flexibility index (Phi) is 7.15. The van der Waals surface area contributed by atoms with Crippen molar-refractivity contribution in [1.82, 2.24) is 5.32 Å². The molecule has 1 amide bonds. The van der Waals surface area contributed by atoms with E-state index in [-0.39, 0.29) is 18.4 Å². The first-order chi connectivity index (χ1) is 9.89. The lowest BCUT2D eigenvalue weighted by Gasteiger charge is -2.33. The molecule has 1 unspecified atom stereocenters. The Labute approximate surface area is 127 Å². The second kappa shape index (κ2) is 8.37. The van der Waals surface area contributed by atoms with Gasteiger partial charge in [0.15, 0.2) is 0 Å². The average Bonchev–Trinajstić information content (AvgIpc) is 2.44. The fraction of sp³-hybridized carbons (Fsp3) is 0.875. The van der Waals surface area contributed by atoms with Gasteiger partial charge in [-0.2, -0.15) is 0 Å². The van der Waals surface area contributed by atoms with Crippen LogP contribution in [0.3, 0.4) is 0 Å². The zero-order chi connectivity index (χ0) is 15.9. The molecule has 0 radical (unpaired) electrons. The summed E-state index contributed by atoms with van der Waals surface area (Å²) in [4.78, 5) is 23.6. The van der Waals surface area contributed by atoms with Crippen LogP contribution < -0.4 is 11.1 Å². The molecule has 1 aliphatic rings. The third-order valence-electron chi connectivity index (χ3n) is 4.50. The molecule has 5 nitrogen and oxygen atoms in total. The van der Waals surface area contributed by atoms with Crippen LogP contribution in [0.2, 0.25) is 0 Å². The number of hydrogen-bond donors (Lipinski definition) is 3. The summed E-state index contributed by atoms with van der Waals surface area (Å²) in [5, 5.41) is 12.3. The lowest BCUT2D eigenvalue weighted by atomic mass is 9.74. The van der Waals surface area contributed by atoms with Crippen LogP contribution in [0, 0.1) is 17.3 Å². The Bertz CT molecular complexity index is 349. The highest BCUT2D eigenvalue weighted by atomic mass is 16.4. The molecule has 0 aliphatic heterocycles. The molecule has 0 spiro atoms. The fourth-order valence-electron chi connectivity index (χ4n) is 3.23. The van der Waals surface area contributed by atoms with E-state index in [4.69, 9.17) is 5.73 Å². The number of amides is 1. The number of nitrogens with one attached hydrogen (secondary N) is 1. The number of carbonyl (C=O) groups excluding carboxylic acids is 1. The predicted octanol–water partition coefficient (Wildman–Crippen LogP) is 2.15. The largest absolute Gasteiger partial charge is 0.481 e. The van der Waals surface area contributed by atoms with E-state index in [1.165, 1.54) is 0 Å². The smallest absolute Gasteiger partial charge is 0.311 e. The highest BCUT2D eigenvalue weighted by Gasteiger charge is 2.39. The molecule has 1 aliphatic carbocycles. The molecule has 4 N–H and O–H groups in total. The number of carboxylic acids is 1. The highest BCUT2D eigenvalue weighted by molar-refractivity contribution is 5.79. The molecular weight excluding hydrogens is 268 g/mol. The van der Waals surface area contributed by atoms with Crippen LogP contribution in [-0.4, -0.2) is 30.1 Å². The summed E-state index contributed by atoms with van der Waals surface area (Å²) in [6, 6.07) is 0. The third kappa shape index (κ3) is 5.65. The van der Waals surface area contributed by atoms with Crippen molar-refractivity contribution in [2.45, 2.75) is 58.8 Å². The molecule has 21 heavy (non-hydrogen) atoms. The van der Waals surface area contributed by atoms with Gasteiger partial charge in [0, 0.05) is 13.0 Å². The summed E-state index contributed by atoms with van der Waals surface area (Å²) >= 11 is 0. The molecule has 0 heterocycles. The van der Waals surface area contributed by atoms with Crippen LogP contribution in [0.4, 0.5) is 0 Å². The standard InChI is InChI=1S/C16H30N2O3/c1-12(2)8-13(10-17)9-14(19)18-11-16(15(20)21)6-4-3-5-7-16/h12-13H,3-11,17H2,1-2H3,(H,18,19)(H,20,21). The van der Waals surface area contributed by atoms with E-state index < -0.39 is 11.4 Å². The number of carboxylic acid groups (broad SMARTS) is 1. The van der Waals surface area contributed by atoms with Gasteiger partial charge in [0.2, 0.25) is 5.91 Å². The van der Waals surface area contributed by atoms with E-state index in [1.807, 2.05) is 0 Å². The minimum absolute atomic E-state index is 0.0719. The van der Waals surface area contributed by atoms with Crippen molar-refractivity contribution < 1.29 is 14.7 Å². The van der Waals surface area contributed by atoms with Gasteiger partial charge in [-0.3, -0.25) is 9.59 Å². The first-order valence-electron chi connectivity index (χ1n) is 8.10. The minimum atomic E-state index is -0.778. The highest BCUT2D eigenvalue weighted by Crippen LogP contribution is 2.36. The summed E-state index contributed by atoms with van der Waals surface area (Å²) in [7, 11) is 0. The van der Waals surface area contributed by atoms with Crippen LogP contribution in [-0.2, 0) is 9.59 Å². The fourth-order valence-corrected chi connectivity index (χ4v) is 3.23. The normalized spacial score (nSPS) is 19.2. The van der Waals surface area contributed by atoms with Gasteiger partial charge in [0.1, 0.15) is 0 Å². The minimum Gasteiger partial charge on any atom is -0.481 e. The monoisotopic (exact) mass is 298 g/mol. The number of hydrogen-bond acceptors (Lipinski definition) is 3. The van der Waals surface area contributed by atoms with Crippen molar-refractivity contribution >= 4 is 11.9 Å². The number of nitrogens with two attached hydrogens (primary N) is 1. The quantitative estimate of drug-likeness (QED) is 0.640. The lowest BCUT2D eigenvalue weighted by molar-refractivity contribution is -0.151. The number of aliphatic carboxylic acids is 1. The van der Waals surface area contributed by atoms with Gasteiger partial charge < -0.3 is 16.2 Å². The van der Waals surface area contributed by atoms with Crippen LogP contribution >= 0.6 is 0 Å². The summed E-state index contributed by atoms with van der Waals surface area (Å²) in [6.45, 7) is 4.97. The molecule has 0 bridgehead atoms. The van der Waals surface area contributed by atoms with Crippen molar-refractivity contribution in [2.75, 3.05) is 13.1 Å². The van der Waals surface area contributed by atoms with Crippen molar-refractivity contribution in [1.29, 1.82) is 0 Å². The van der Waals surface area contributed by atoms with Gasteiger partial charge in [-0.1, -0.05) is 33.1 Å². The SMILES string of the molecule is CC(C)CC(CN)CC(=O)NCC1(C(=O)O)CCCCC1. The molecule has 1 fully saturated rings. The maximum absolute atomic E-state index is 12.0. The third-order valence-corrected chi connectivity index (χ3v) is 4.50. The van der Waals surface area contributed by atoms with Crippen LogP contribution in [0.1, 0.15) is 58.8 Å². The Morgan fingerprint density at radius 2 is 1.86 bits per heavy atom. The van der Waals surface area contributed by atoms with Crippen molar-refractivity contribution in [3.05, 3.63) is 0 Å². The zero-order valence-corrected chi connectivity index (χ0v) is 13.4. The van der Waals surface area contributed by atoms with Gasteiger partial charge in [-0.15, -0.1) is 0 Å². The molecule has 0 aromatic heterocycles. The lowest BCUT2D eigenvalue weighted by Crippen LogP contribution is -2.44. The predicted molar refractivity (Wildman–Crippen MR) is 82.8 cm³/mol. The van der Waals surface area contributed by atoms with Gasteiger partial charge in [-0.25, -0.2) is 0 Å². The van der Waals surface area contributed by atoms with Gasteiger partial charge in [0.05, 0.1) is 5.41 Å². The van der Waals surface area contributed by atoms with E-state index in [0.29, 0.717) is 31.7 Å². The molecule has 122 valence electrons. The molecule has 0 saturated heterocycles. The molecular formula is C16H30N2O3. The first-order valence-corrected chi connectivity index (χ1v) is 8.10. The van der Waals surface area contributed by atoms with E-state index in [1.54, 1.807) is 0 Å². The molecule has 0 aromatic rings. The van der Waals surface area contributed by atoms with E-state index in [2.05, 4.69) is 19.2 Å². The zero-order valence-electron chi connectivity index (χ0n) is 13.4. The molecule has 1 rings (SSSR count). The van der Waals surface area contributed by atoms with E-state index in [9.17, 15) is 14.7 Å². The van der Waals surface area contributed by atoms with Crippen LogP contribution in [0.25, 0.3) is 0 Å². The Morgan fingerprint density at radius 3 is 2.33 bits per heavy atom.